The number of carbonyl (C=O) groups is 1. The van der Waals surface area contributed by atoms with E-state index in [9.17, 15) is 13.6 Å². The van der Waals surface area contributed by atoms with Crippen molar-refractivity contribution in [2.75, 3.05) is 33.4 Å². The highest BCUT2D eigenvalue weighted by molar-refractivity contribution is 5.94. The molecule has 1 aromatic rings. The van der Waals surface area contributed by atoms with E-state index in [1.54, 1.807) is 6.08 Å². The van der Waals surface area contributed by atoms with Crippen LogP contribution in [0.3, 0.4) is 0 Å². The quantitative estimate of drug-likeness (QED) is 0.651. The molecule has 3 aliphatic heterocycles. The molecule has 0 radical (unpaired) electrons. The molecule has 1 fully saturated rings. The second kappa shape index (κ2) is 10.6. The van der Waals surface area contributed by atoms with Crippen molar-refractivity contribution in [3.05, 3.63) is 76.0 Å². The molecule has 188 valence electrons. The molecule has 3 aliphatic rings. The van der Waals surface area contributed by atoms with Crippen molar-refractivity contribution in [3.63, 3.8) is 0 Å². The third kappa shape index (κ3) is 5.26. The van der Waals surface area contributed by atoms with Crippen LogP contribution in [-0.2, 0) is 20.9 Å². The maximum atomic E-state index is 14.7. The third-order valence-electron chi connectivity index (χ3n) is 6.45. The Labute approximate surface area is 204 Å². The van der Waals surface area contributed by atoms with E-state index in [2.05, 4.69) is 12.3 Å². The molecule has 0 saturated carbocycles. The lowest BCUT2D eigenvalue weighted by atomic mass is 9.97. The van der Waals surface area contributed by atoms with Crippen LogP contribution in [0.5, 0.6) is 5.75 Å². The minimum atomic E-state index is -0.794. The van der Waals surface area contributed by atoms with Gasteiger partial charge in [0.25, 0.3) is 5.91 Å². The van der Waals surface area contributed by atoms with Crippen molar-refractivity contribution in [2.24, 2.45) is 5.92 Å². The summed E-state index contributed by atoms with van der Waals surface area (Å²) < 4.78 is 45.4. The summed E-state index contributed by atoms with van der Waals surface area (Å²) in [5.41, 5.74) is 5.74. The first-order chi connectivity index (χ1) is 16.8. The molecule has 4 rings (SSSR count). The first-order valence-corrected chi connectivity index (χ1v) is 11.7. The van der Waals surface area contributed by atoms with Crippen LogP contribution < -0.4 is 10.2 Å². The van der Waals surface area contributed by atoms with Gasteiger partial charge in [-0.1, -0.05) is 13.0 Å². The number of fused-ring (bicyclic) bond motifs is 1. The molecule has 0 aliphatic carbocycles. The number of allylic oxidation sites excluding steroid dienone is 4. The van der Waals surface area contributed by atoms with Crippen LogP contribution in [0.2, 0.25) is 0 Å². The molecule has 7 nitrogen and oxygen atoms in total. The Balaban J connectivity index is 1.61. The molecular formula is C26H31F2N3O4. The Morgan fingerprint density at radius 3 is 2.69 bits per heavy atom. The van der Waals surface area contributed by atoms with Crippen molar-refractivity contribution in [2.45, 2.75) is 33.8 Å². The lowest BCUT2D eigenvalue weighted by Crippen LogP contribution is -2.50. The second-order valence-electron chi connectivity index (χ2n) is 8.88. The van der Waals surface area contributed by atoms with Gasteiger partial charge in [-0.2, -0.15) is 0 Å². The van der Waals surface area contributed by atoms with Crippen LogP contribution in [0.4, 0.5) is 8.78 Å². The largest absolute Gasteiger partial charge is 0.494 e. The van der Waals surface area contributed by atoms with E-state index in [0.29, 0.717) is 49.9 Å². The van der Waals surface area contributed by atoms with E-state index >= 15 is 0 Å². The lowest BCUT2D eigenvalue weighted by molar-refractivity contribution is -0.125. The molecule has 0 spiro atoms. The Bertz CT molecular complexity index is 1120. The van der Waals surface area contributed by atoms with Gasteiger partial charge in [0.05, 0.1) is 31.6 Å². The zero-order valence-electron chi connectivity index (χ0n) is 20.5. The van der Waals surface area contributed by atoms with Gasteiger partial charge in [-0.05, 0) is 55.5 Å². The number of morpholine rings is 1. The van der Waals surface area contributed by atoms with Gasteiger partial charge < -0.3 is 19.1 Å². The fourth-order valence-electron chi connectivity index (χ4n) is 4.27. The number of ether oxygens (including phenoxy) is 3. The molecule has 1 unspecified atom stereocenters. The van der Waals surface area contributed by atoms with Gasteiger partial charge >= 0.3 is 0 Å². The highest BCUT2D eigenvalue weighted by atomic mass is 19.1. The number of rotatable bonds is 6. The molecule has 1 aromatic carbocycles. The van der Waals surface area contributed by atoms with Crippen molar-refractivity contribution in [3.8, 4) is 5.75 Å². The predicted octanol–water partition coefficient (Wildman–Crippen LogP) is 4.15. The fraction of sp³-hybridized carbons (Fsp3) is 0.423. The number of methoxy groups -OCH3 is 1. The summed E-state index contributed by atoms with van der Waals surface area (Å²) in [6.07, 6.45) is 6.36. The Hall–Kier alpha value is -3.17. The number of carbonyl (C=O) groups excluding carboxylic acids is 1. The molecular weight excluding hydrogens is 456 g/mol. The molecule has 1 N–H and O–H groups in total. The van der Waals surface area contributed by atoms with Crippen LogP contribution in [0.15, 0.2) is 58.8 Å². The Morgan fingerprint density at radius 2 is 1.97 bits per heavy atom. The number of amides is 1. The van der Waals surface area contributed by atoms with Crippen molar-refractivity contribution in [1.82, 2.24) is 15.3 Å². The zero-order chi connectivity index (χ0) is 25.1. The monoisotopic (exact) mass is 487 g/mol. The standard InChI is InChI=1S/C26H31F2N3O4/c1-16-13-23(35-15-19-20(27)6-8-22(33-4)24(19)28)21-7-5-17(2)18(3)25(31(21)14-16)26(32)29-30-9-11-34-12-10-30/h6-8,13-14,17H,5,9-12,15H2,1-4H3,(H,29,32). The van der Waals surface area contributed by atoms with Gasteiger partial charge in [0.15, 0.2) is 11.6 Å². The number of hydrogen-bond donors (Lipinski definition) is 1. The van der Waals surface area contributed by atoms with Crippen molar-refractivity contribution >= 4 is 5.91 Å². The van der Waals surface area contributed by atoms with Crippen LogP contribution >= 0.6 is 0 Å². The highest BCUT2D eigenvalue weighted by Crippen LogP contribution is 2.36. The van der Waals surface area contributed by atoms with Gasteiger partial charge in [-0.25, -0.2) is 13.8 Å². The number of nitrogens with one attached hydrogen (secondary N) is 1. The van der Waals surface area contributed by atoms with Gasteiger partial charge in [-0.15, -0.1) is 0 Å². The number of benzene rings is 1. The highest BCUT2D eigenvalue weighted by Gasteiger charge is 2.32. The SMILES string of the molecule is COc1ccc(F)c(COC2=CC(C)=CN3C2=CCC(C)C(C)=C3C(=O)NN2CCOCC2)c1F. The van der Waals surface area contributed by atoms with Crippen LogP contribution in [-0.4, -0.2) is 49.2 Å². The summed E-state index contributed by atoms with van der Waals surface area (Å²) in [5.74, 6) is -1.24. The molecule has 35 heavy (non-hydrogen) atoms. The minimum absolute atomic E-state index is 0.0524. The third-order valence-corrected chi connectivity index (χ3v) is 6.45. The van der Waals surface area contributed by atoms with E-state index < -0.39 is 11.6 Å². The summed E-state index contributed by atoms with van der Waals surface area (Å²) in [6.45, 7) is 7.91. The summed E-state index contributed by atoms with van der Waals surface area (Å²) in [6, 6.07) is 2.39. The van der Waals surface area contributed by atoms with E-state index in [1.165, 1.54) is 13.2 Å². The van der Waals surface area contributed by atoms with E-state index in [4.69, 9.17) is 14.2 Å². The van der Waals surface area contributed by atoms with Gasteiger partial charge in [-0.3, -0.25) is 10.2 Å². The average Bonchev–Trinajstić information content (AvgIpc) is 2.95. The summed E-state index contributed by atoms with van der Waals surface area (Å²) in [7, 11) is 1.33. The average molecular weight is 488 g/mol. The molecule has 0 aromatic heterocycles. The first kappa shape index (κ1) is 24.9. The Kier molecular flexibility index (Phi) is 7.57. The normalized spacial score (nSPS) is 20.9. The first-order valence-electron chi connectivity index (χ1n) is 11.7. The molecule has 0 bridgehead atoms. The zero-order valence-corrected chi connectivity index (χ0v) is 20.5. The lowest BCUT2D eigenvalue weighted by Gasteiger charge is -2.33. The number of hydrazine groups is 1. The number of halogens is 2. The Morgan fingerprint density at radius 1 is 1.23 bits per heavy atom. The molecule has 1 amide bonds. The number of nitrogens with zero attached hydrogens (tertiary/aromatic N) is 2. The fourth-order valence-corrected chi connectivity index (χ4v) is 4.27. The van der Waals surface area contributed by atoms with E-state index in [-0.39, 0.29) is 29.7 Å². The molecule has 1 saturated heterocycles. The topological polar surface area (TPSA) is 63.3 Å². The summed E-state index contributed by atoms with van der Waals surface area (Å²) in [5, 5.41) is 1.85. The van der Waals surface area contributed by atoms with Crippen molar-refractivity contribution in [1.29, 1.82) is 0 Å². The molecule has 1 atom stereocenters. The maximum absolute atomic E-state index is 14.7. The van der Waals surface area contributed by atoms with Crippen LogP contribution in [0.1, 0.15) is 32.8 Å². The molecule has 3 heterocycles. The maximum Gasteiger partial charge on any atom is 0.282 e. The van der Waals surface area contributed by atoms with Crippen LogP contribution in [0, 0.1) is 17.6 Å². The van der Waals surface area contributed by atoms with Crippen molar-refractivity contribution < 1.29 is 27.8 Å². The minimum Gasteiger partial charge on any atom is -0.494 e. The smallest absolute Gasteiger partial charge is 0.282 e. The van der Waals surface area contributed by atoms with Gasteiger partial charge in [0, 0.05) is 19.3 Å². The van der Waals surface area contributed by atoms with E-state index in [1.807, 2.05) is 36.0 Å². The van der Waals surface area contributed by atoms with Gasteiger partial charge in [0.2, 0.25) is 0 Å². The predicted molar refractivity (Wildman–Crippen MR) is 126 cm³/mol. The summed E-state index contributed by atoms with van der Waals surface area (Å²) in [4.78, 5) is 15.3. The number of hydrogen-bond acceptors (Lipinski definition) is 6. The van der Waals surface area contributed by atoms with Crippen LogP contribution in [0.25, 0.3) is 0 Å². The summed E-state index contributed by atoms with van der Waals surface area (Å²) >= 11 is 0. The second-order valence-corrected chi connectivity index (χ2v) is 8.88. The van der Waals surface area contributed by atoms with Gasteiger partial charge in [0.1, 0.15) is 23.9 Å². The van der Waals surface area contributed by atoms with E-state index in [0.717, 1.165) is 17.2 Å². The molecule has 9 heteroatoms.